The average molecular weight is 379 g/mol. The van der Waals surface area contributed by atoms with Gasteiger partial charge < -0.3 is 14.7 Å². The molecule has 0 bridgehead atoms. The van der Waals surface area contributed by atoms with Crippen LogP contribution in [0.2, 0.25) is 0 Å². The number of hydrogen-bond acceptors (Lipinski definition) is 5. The van der Waals surface area contributed by atoms with E-state index in [4.69, 9.17) is 9.84 Å². The van der Waals surface area contributed by atoms with Crippen LogP contribution in [-0.2, 0) is 4.74 Å². The minimum Gasteiger partial charge on any atom is -0.479 e. The molecule has 1 aromatic carbocycles. The van der Waals surface area contributed by atoms with Gasteiger partial charge in [-0.25, -0.2) is 14.8 Å². The van der Waals surface area contributed by atoms with Crippen molar-refractivity contribution < 1.29 is 14.6 Å². The van der Waals surface area contributed by atoms with E-state index in [-0.39, 0.29) is 17.4 Å². The molecule has 2 heterocycles. The fourth-order valence-electron chi connectivity index (χ4n) is 2.78. The minimum absolute atomic E-state index is 0.0976. The Balaban J connectivity index is 1.86. The average Bonchev–Trinajstić information content (AvgIpc) is 3.13. The summed E-state index contributed by atoms with van der Waals surface area (Å²) in [6.45, 7) is 6.11. The third-order valence-electron chi connectivity index (χ3n) is 4.27. The van der Waals surface area contributed by atoms with Gasteiger partial charge in [0.2, 0.25) is 5.90 Å². The van der Waals surface area contributed by atoms with Crippen molar-refractivity contribution in [3.8, 4) is 0 Å². The lowest BCUT2D eigenvalue weighted by Crippen LogP contribution is -2.21. The molecule has 8 heteroatoms. The van der Waals surface area contributed by atoms with Gasteiger partial charge in [0.05, 0.1) is 24.1 Å². The second-order valence-electron chi connectivity index (χ2n) is 5.92. The first kappa shape index (κ1) is 19.2. The SMILES string of the molecule is CCN(CC)c1ccc(N=C2N=C(OC)C(c3ccc(C(=O)O)cn3)=N2)cc1. The first-order valence-corrected chi connectivity index (χ1v) is 8.90. The quantitative estimate of drug-likeness (QED) is 0.831. The molecular weight excluding hydrogens is 358 g/mol. The molecule has 0 aliphatic carbocycles. The third kappa shape index (κ3) is 4.06. The maximum atomic E-state index is 11.0. The van der Waals surface area contributed by atoms with E-state index >= 15 is 0 Å². The van der Waals surface area contributed by atoms with Gasteiger partial charge in [0.15, 0.2) is 5.71 Å². The highest BCUT2D eigenvalue weighted by Gasteiger charge is 2.22. The zero-order chi connectivity index (χ0) is 20.1. The molecule has 2 aromatic rings. The van der Waals surface area contributed by atoms with Crippen molar-refractivity contribution in [3.05, 3.63) is 53.9 Å². The monoisotopic (exact) mass is 379 g/mol. The van der Waals surface area contributed by atoms with E-state index in [1.165, 1.54) is 19.4 Å². The van der Waals surface area contributed by atoms with Crippen LogP contribution in [0.5, 0.6) is 0 Å². The molecule has 0 saturated heterocycles. The largest absolute Gasteiger partial charge is 0.479 e. The van der Waals surface area contributed by atoms with Gasteiger partial charge in [-0.1, -0.05) is 0 Å². The highest BCUT2D eigenvalue weighted by molar-refractivity contribution is 6.50. The standard InChI is InChI=1S/C20H21N5O3/c1-4-25(5-2)15-9-7-14(8-10-15)22-20-23-17(18(24-20)28-3)16-11-6-13(12-21-16)19(26)27/h6-12H,4-5H2,1-3H3,(H,26,27). The summed E-state index contributed by atoms with van der Waals surface area (Å²) in [5, 5.41) is 8.99. The summed E-state index contributed by atoms with van der Waals surface area (Å²) < 4.78 is 5.28. The summed E-state index contributed by atoms with van der Waals surface area (Å²) in [5.41, 5.74) is 2.84. The van der Waals surface area contributed by atoms with Crippen molar-refractivity contribution >= 4 is 34.9 Å². The zero-order valence-corrected chi connectivity index (χ0v) is 16.0. The molecular formula is C20H21N5O3. The summed E-state index contributed by atoms with van der Waals surface area (Å²) in [6, 6.07) is 10.9. The fourth-order valence-corrected chi connectivity index (χ4v) is 2.78. The van der Waals surface area contributed by atoms with Gasteiger partial charge in [0, 0.05) is 25.0 Å². The van der Waals surface area contributed by atoms with Crippen molar-refractivity contribution in [2.45, 2.75) is 13.8 Å². The first-order valence-electron chi connectivity index (χ1n) is 8.90. The topological polar surface area (TPSA) is 99.7 Å². The molecule has 1 N–H and O–H groups in total. The molecule has 28 heavy (non-hydrogen) atoms. The number of aromatic nitrogens is 1. The molecule has 0 radical (unpaired) electrons. The second kappa shape index (κ2) is 8.43. The number of ether oxygens (including phenoxy) is 1. The molecule has 144 valence electrons. The van der Waals surface area contributed by atoms with E-state index in [2.05, 4.69) is 38.7 Å². The van der Waals surface area contributed by atoms with Crippen LogP contribution in [0.1, 0.15) is 29.9 Å². The molecule has 8 nitrogen and oxygen atoms in total. The van der Waals surface area contributed by atoms with Gasteiger partial charge in [-0.05, 0) is 50.2 Å². The van der Waals surface area contributed by atoms with Crippen LogP contribution < -0.4 is 4.90 Å². The molecule has 1 aliphatic heterocycles. The number of carboxylic acid groups (broad SMARTS) is 1. The van der Waals surface area contributed by atoms with Crippen LogP contribution in [0, 0.1) is 0 Å². The third-order valence-corrected chi connectivity index (χ3v) is 4.27. The summed E-state index contributed by atoms with van der Waals surface area (Å²) in [6.07, 6.45) is 1.27. The highest BCUT2D eigenvalue weighted by Crippen LogP contribution is 2.21. The predicted molar refractivity (Wildman–Crippen MR) is 109 cm³/mol. The van der Waals surface area contributed by atoms with Crippen LogP contribution in [0.25, 0.3) is 0 Å². The fraction of sp³-hybridized carbons (Fsp3) is 0.250. The summed E-state index contributed by atoms with van der Waals surface area (Å²) in [4.78, 5) is 30.5. The number of carboxylic acids is 1. The Bertz CT molecular complexity index is 943. The molecule has 1 aliphatic rings. The van der Waals surface area contributed by atoms with Crippen molar-refractivity contribution in [3.63, 3.8) is 0 Å². The molecule has 0 spiro atoms. The van der Waals surface area contributed by atoms with Crippen molar-refractivity contribution in [2.24, 2.45) is 15.0 Å². The van der Waals surface area contributed by atoms with Gasteiger partial charge in [-0.3, -0.25) is 4.98 Å². The number of nitrogens with zero attached hydrogens (tertiary/aromatic N) is 5. The lowest BCUT2D eigenvalue weighted by molar-refractivity contribution is 0.0696. The molecule has 0 saturated carbocycles. The number of carbonyl (C=O) groups is 1. The Morgan fingerprint density at radius 1 is 1.11 bits per heavy atom. The van der Waals surface area contributed by atoms with Gasteiger partial charge in [0.25, 0.3) is 5.96 Å². The van der Waals surface area contributed by atoms with Gasteiger partial charge in [0.1, 0.15) is 0 Å². The van der Waals surface area contributed by atoms with Crippen molar-refractivity contribution in [1.29, 1.82) is 0 Å². The van der Waals surface area contributed by atoms with E-state index in [0.29, 0.717) is 11.4 Å². The maximum absolute atomic E-state index is 11.0. The number of aliphatic imine (C=N–C) groups is 3. The zero-order valence-electron chi connectivity index (χ0n) is 16.0. The Morgan fingerprint density at radius 2 is 1.82 bits per heavy atom. The molecule has 0 amide bonds. The van der Waals surface area contributed by atoms with E-state index < -0.39 is 5.97 Å². The summed E-state index contributed by atoms with van der Waals surface area (Å²) in [5.74, 6) is -0.496. The molecule has 0 atom stereocenters. The second-order valence-corrected chi connectivity index (χ2v) is 5.92. The minimum atomic E-state index is -1.04. The Morgan fingerprint density at radius 3 is 2.36 bits per heavy atom. The van der Waals surface area contributed by atoms with E-state index in [0.717, 1.165) is 24.5 Å². The number of benzene rings is 1. The van der Waals surface area contributed by atoms with Gasteiger partial charge in [-0.15, -0.1) is 0 Å². The van der Waals surface area contributed by atoms with E-state index in [1.807, 2.05) is 24.3 Å². The number of anilines is 1. The maximum Gasteiger partial charge on any atom is 0.337 e. The number of pyridine rings is 1. The normalized spacial score (nSPS) is 14.6. The lowest BCUT2D eigenvalue weighted by Gasteiger charge is -2.20. The first-order chi connectivity index (χ1) is 13.5. The van der Waals surface area contributed by atoms with Gasteiger partial charge >= 0.3 is 5.97 Å². The number of methoxy groups -OCH3 is 1. The van der Waals surface area contributed by atoms with Crippen molar-refractivity contribution in [1.82, 2.24) is 4.98 Å². The highest BCUT2D eigenvalue weighted by atomic mass is 16.5. The van der Waals surface area contributed by atoms with E-state index in [9.17, 15) is 4.79 Å². The lowest BCUT2D eigenvalue weighted by atomic mass is 10.2. The molecule has 1 aromatic heterocycles. The summed E-state index contributed by atoms with van der Waals surface area (Å²) >= 11 is 0. The van der Waals surface area contributed by atoms with Crippen LogP contribution >= 0.6 is 0 Å². The smallest absolute Gasteiger partial charge is 0.337 e. The van der Waals surface area contributed by atoms with Crippen molar-refractivity contribution in [2.75, 3.05) is 25.1 Å². The van der Waals surface area contributed by atoms with E-state index in [1.54, 1.807) is 6.07 Å². The molecule has 3 rings (SSSR count). The summed E-state index contributed by atoms with van der Waals surface area (Å²) in [7, 11) is 1.49. The number of aromatic carboxylic acids is 1. The van der Waals surface area contributed by atoms with Crippen LogP contribution in [0.4, 0.5) is 11.4 Å². The predicted octanol–water partition coefficient (Wildman–Crippen LogP) is 3.16. The van der Waals surface area contributed by atoms with Crippen LogP contribution in [0.3, 0.4) is 0 Å². The number of hydrogen-bond donors (Lipinski definition) is 1. The van der Waals surface area contributed by atoms with Crippen LogP contribution in [-0.4, -0.2) is 53.8 Å². The van der Waals surface area contributed by atoms with Crippen LogP contribution in [0.15, 0.2) is 57.6 Å². The Labute approximate surface area is 163 Å². The Kier molecular flexibility index (Phi) is 5.78. The number of guanidine groups is 1. The Hall–Kier alpha value is -3.55. The molecule has 0 fully saturated rings. The number of rotatable bonds is 6. The van der Waals surface area contributed by atoms with Gasteiger partial charge in [-0.2, -0.15) is 4.99 Å². The molecule has 0 unspecified atom stereocenters.